The van der Waals surface area contributed by atoms with Crippen molar-refractivity contribution in [3.8, 4) is 0 Å². The fourth-order valence-corrected chi connectivity index (χ4v) is 1.46. The Morgan fingerprint density at radius 1 is 1.46 bits per heavy atom. The molecular weight excluding hydrogens is 162 g/mol. The second-order valence-corrected chi connectivity index (χ2v) is 2.88. The Bertz CT molecular complexity index is 490. The summed E-state index contributed by atoms with van der Waals surface area (Å²) in [4.78, 5) is 0. The van der Waals surface area contributed by atoms with Crippen LogP contribution in [0.25, 0.3) is 22.6 Å². The highest BCUT2D eigenvalue weighted by atomic mass is 15.1. The molecule has 0 saturated carbocycles. The fourth-order valence-electron chi connectivity index (χ4n) is 1.46. The van der Waals surface area contributed by atoms with Crippen LogP contribution in [0.3, 0.4) is 0 Å². The minimum atomic E-state index is 1.05. The average molecular weight is 171 g/mol. The zero-order valence-electron chi connectivity index (χ0n) is 7.31. The number of benzene rings is 1. The van der Waals surface area contributed by atoms with Gasteiger partial charge in [-0.1, -0.05) is 12.1 Å². The summed E-state index contributed by atoms with van der Waals surface area (Å²) >= 11 is 0. The largest absolute Gasteiger partial charge is 0.760 e. The third kappa shape index (κ3) is 1.15. The number of rotatable bonds is 1. The number of aryl methyl sites for hydroxylation is 1. The van der Waals surface area contributed by atoms with Crippen molar-refractivity contribution in [3.63, 3.8) is 0 Å². The van der Waals surface area contributed by atoms with Crippen molar-refractivity contribution in [2.45, 2.75) is 0 Å². The molecule has 2 rings (SSSR count). The lowest BCUT2D eigenvalue weighted by atomic mass is 10.3. The normalized spacial score (nSPS) is 9.92. The third-order valence-electron chi connectivity index (χ3n) is 2.03. The standard InChI is InChI=1S/C10H9N3/c1-12-8-13(7-6-11)10-5-3-2-4-9(10)12/h2-5,7-8H,1H3. The van der Waals surface area contributed by atoms with Crippen LogP contribution in [0.15, 0.2) is 30.6 Å². The summed E-state index contributed by atoms with van der Waals surface area (Å²) in [5.74, 6) is 2.01. The summed E-state index contributed by atoms with van der Waals surface area (Å²) in [7, 11) is 1.96. The Kier molecular flexibility index (Phi) is 1.72. The SMILES string of the molecule is C[n+]1cn(C=C=[N-])c2ccccc21. The van der Waals surface area contributed by atoms with E-state index < -0.39 is 0 Å². The highest BCUT2D eigenvalue weighted by Gasteiger charge is 2.08. The van der Waals surface area contributed by atoms with E-state index in [1.54, 1.807) is 0 Å². The van der Waals surface area contributed by atoms with E-state index >= 15 is 0 Å². The minimum Gasteiger partial charge on any atom is -0.760 e. The van der Waals surface area contributed by atoms with Gasteiger partial charge in [0, 0.05) is 0 Å². The average Bonchev–Trinajstić information content (AvgIpc) is 2.46. The molecule has 0 atom stereocenters. The lowest BCUT2D eigenvalue weighted by Gasteiger charge is -1.85. The summed E-state index contributed by atoms with van der Waals surface area (Å²) < 4.78 is 3.80. The van der Waals surface area contributed by atoms with Gasteiger partial charge in [0.15, 0.2) is 11.0 Å². The highest BCUT2D eigenvalue weighted by molar-refractivity contribution is 5.79. The van der Waals surface area contributed by atoms with Gasteiger partial charge in [0.25, 0.3) is 0 Å². The molecule has 0 radical (unpaired) electrons. The van der Waals surface area contributed by atoms with Crippen LogP contribution in [0, 0.1) is 0 Å². The fraction of sp³-hybridized carbons (Fsp3) is 0.100. The molecule has 1 heterocycles. The van der Waals surface area contributed by atoms with Crippen LogP contribution in [0.5, 0.6) is 0 Å². The van der Waals surface area contributed by atoms with Gasteiger partial charge in [0.1, 0.15) is 6.20 Å². The topological polar surface area (TPSA) is 31.1 Å². The van der Waals surface area contributed by atoms with Crippen LogP contribution < -0.4 is 4.57 Å². The number of aromatic nitrogens is 2. The lowest BCUT2D eigenvalue weighted by molar-refractivity contribution is -0.645. The molecule has 0 amide bonds. The molecule has 0 spiro atoms. The van der Waals surface area contributed by atoms with E-state index in [9.17, 15) is 0 Å². The maximum atomic E-state index is 8.55. The highest BCUT2D eigenvalue weighted by Crippen LogP contribution is 2.09. The smallest absolute Gasteiger partial charge is 0.249 e. The van der Waals surface area contributed by atoms with Gasteiger partial charge >= 0.3 is 0 Å². The number of hydrogen-bond donors (Lipinski definition) is 0. The molecule has 1 aromatic heterocycles. The predicted octanol–water partition coefficient (Wildman–Crippen LogP) is 1.18. The first-order valence-corrected chi connectivity index (χ1v) is 4.01. The van der Waals surface area contributed by atoms with Gasteiger partial charge in [-0.3, -0.25) is 0 Å². The molecule has 0 N–H and O–H groups in total. The summed E-state index contributed by atoms with van der Waals surface area (Å²) in [6.45, 7) is 0. The van der Waals surface area contributed by atoms with Crippen LogP contribution in [-0.2, 0) is 7.05 Å². The molecule has 0 saturated heterocycles. The first kappa shape index (κ1) is 7.77. The molecule has 13 heavy (non-hydrogen) atoms. The van der Waals surface area contributed by atoms with Crippen LogP contribution >= 0.6 is 0 Å². The van der Waals surface area contributed by atoms with E-state index in [1.165, 1.54) is 6.20 Å². The molecule has 0 aliphatic heterocycles. The number of para-hydroxylation sites is 2. The minimum absolute atomic E-state index is 1.05. The van der Waals surface area contributed by atoms with E-state index in [1.807, 2.05) is 52.6 Å². The van der Waals surface area contributed by atoms with Gasteiger partial charge in [-0.25, -0.2) is 10.4 Å². The molecule has 1 aromatic carbocycles. The molecule has 0 aliphatic carbocycles. The maximum absolute atomic E-state index is 8.55. The first-order valence-electron chi connectivity index (χ1n) is 4.01. The molecule has 0 bridgehead atoms. The second kappa shape index (κ2) is 2.88. The van der Waals surface area contributed by atoms with E-state index in [4.69, 9.17) is 5.41 Å². The van der Waals surface area contributed by atoms with Gasteiger partial charge < -0.3 is 5.41 Å². The Labute approximate surface area is 76.1 Å². The first-order chi connectivity index (χ1) is 6.33. The molecule has 3 heteroatoms. The molecule has 0 aliphatic rings. The Morgan fingerprint density at radius 2 is 2.23 bits per heavy atom. The van der Waals surface area contributed by atoms with E-state index in [0.717, 1.165) is 11.0 Å². The summed E-state index contributed by atoms with van der Waals surface area (Å²) in [5.41, 5.74) is 2.17. The molecule has 2 aromatic rings. The zero-order valence-corrected chi connectivity index (χ0v) is 7.31. The second-order valence-electron chi connectivity index (χ2n) is 2.88. The van der Waals surface area contributed by atoms with Gasteiger partial charge in [-0.15, -0.1) is 0 Å². The van der Waals surface area contributed by atoms with Crippen LogP contribution in [-0.4, -0.2) is 10.4 Å². The zero-order chi connectivity index (χ0) is 9.26. The monoisotopic (exact) mass is 171 g/mol. The van der Waals surface area contributed by atoms with Gasteiger partial charge in [-0.2, -0.15) is 4.57 Å². The molecule has 3 nitrogen and oxygen atoms in total. The summed E-state index contributed by atoms with van der Waals surface area (Å²) in [6.07, 6.45) is 3.37. The van der Waals surface area contributed by atoms with Crippen molar-refractivity contribution < 1.29 is 4.57 Å². The number of fused-ring (bicyclic) bond motifs is 1. The van der Waals surface area contributed by atoms with Crippen molar-refractivity contribution in [2.24, 2.45) is 7.05 Å². The van der Waals surface area contributed by atoms with Crippen molar-refractivity contribution >= 4 is 23.1 Å². The van der Waals surface area contributed by atoms with Crippen molar-refractivity contribution in [3.05, 3.63) is 36.0 Å². The molecule has 0 fully saturated rings. The molecule has 64 valence electrons. The Morgan fingerprint density at radius 3 is 3.00 bits per heavy atom. The van der Waals surface area contributed by atoms with E-state index in [-0.39, 0.29) is 0 Å². The lowest BCUT2D eigenvalue weighted by Crippen LogP contribution is -2.25. The Hall–Kier alpha value is -1.86. The van der Waals surface area contributed by atoms with Crippen molar-refractivity contribution in [1.82, 2.24) is 4.57 Å². The predicted molar refractivity (Wildman–Crippen MR) is 52.2 cm³/mol. The van der Waals surface area contributed by atoms with Crippen molar-refractivity contribution in [2.75, 3.05) is 0 Å². The van der Waals surface area contributed by atoms with E-state index in [0.29, 0.717) is 0 Å². The summed E-state index contributed by atoms with van der Waals surface area (Å²) in [5, 5.41) is 8.55. The van der Waals surface area contributed by atoms with Crippen molar-refractivity contribution in [1.29, 1.82) is 0 Å². The number of nitrogens with zero attached hydrogens (tertiary/aromatic N) is 3. The Balaban J connectivity index is 2.85. The molecule has 0 unspecified atom stereocenters. The van der Waals surface area contributed by atoms with E-state index in [2.05, 4.69) is 0 Å². The van der Waals surface area contributed by atoms with Crippen LogP contribution in [0.2, 0.25) is 0 Å². The maximum Gasteiger partial charge on any atom is 0.249 e. The van der Waals surface area contributed by atoms with Gasteiger partial charge in [0.05, 0.1) is 7.05 Å². The van der Waals surface area contributed by atoms with Gasteiger partial charge in [-0.05, 0) is 12.1 Å². The van der Waals surface area contributed by atoms with Crippen LogP contribution in [0.4, 0.5) is 0 Å². The van der Waals surface area contributed by atoms with Gasteiger partial charge in [0.2, 0.25) is 6.33 Å². The number of hydrogen-bond acceptors (Lipinski definition) is 0. The number of imidazole rings is 1. The third-order valence-corrected chi connectivity index (χ3v) is 2.03. The quantitative estimate of drug-likeness (QED) is 0.455. The molecular formula is C10H9N3. The van der Waals surface area contributed by atoms with Crippen LogP contribution in [0.1, 0.15) is 0 Å². The summed E-state index contributed by atoms with van der Waals surface area (Å²) in [6, 6.07) is 7.96.